The lowest BCUT2D eigenvalue weighted by Gasteiger charge is -2.34. The first-order valence-corrected chi connectivity index (χ1v) is 13.0. The highest BCUT2D eigenvalue weighted by Gasteiger charge is 2.32. The molecule has 2 aromatic rings. The van der Waals surface area contributed by atoms with Crippen LogP contribution in [0.15, 0.2) is 59.5 Å². The molecule has 1 saturated heterocycles. The molecule has 0 aromatic heterocycles. The van der Waals surface area contributed by atoms with Gasteiger partial charge in [-0.1, -0.05) is 44.2 Å². The lowest BCUT2D eigenvalue weighted by Crippen LogP contribution is -2.48. The Kier molecular flexibility index (Phi) is 8.64. The van der Waals surface area contributed by atoms with E-state index in [0.717, 1.165) is 18.7 Å². The minimum absolute atomic E-state index is 0.0649. The van der Waals surface area contributed by atoms with Crippen molar-refractivity contribution >= 4 is 15.9 Å². The van der Waals surface area contributed by atoms with Crippen LogP contribution >= 0.6 is 0 Å². The molecule has 1 aliphatic heterocycles. The van der Waals surface area contributed by atoms with Crippen molar-refractivity contribution in [1.29, 1.82) is 0 Å². The van der Waals surface area contributed by atoms with E-state index < -0.39 is 10.0 Å². The number of sulfonamides is 1. The molecule has 0 unspecified atom stereocenters. The van der Waals surface area contributed by atoms with Crippen molar-refractivity contribution in [2.45, 2.75) is 50.8 Å². The first kappa shape index (κ1) is 25.4. The molecule has 7 nitrogen and oxygen atoms in total. The highest BCUT2D eigenvalue weighted by atomic mass is 32.2. The van der Waals surface area contributed by atoms with Gasteiger partial charge in [-0.25, -0.2) is 8.42 Å². The average Bonchev–Trinajstić information content (AvgIpc) is 2.81. The third-order valence-electron chi connectivity index (χ3n) is 6.03. The lowest BCUT2D eigenvalue weighted by atomic mass is 10.0. The topological polar surface area (TPSA) is 79.0 Å². The van der Waals surface area contributed by atoms with Gasteiger partial charge in [0.15, 0.2) is 0 Å². The van der Waals surface area contributed by atoms with Crippen molar-refractivity contribution < 1.29 is 17.9 Å². The summed E-state index contributed by atoms with van der Waals surface area (Å²) in [6.07, 6.45) is -0.311. The molecule has 0 aliphatic carbocycles. The fourth-order valence-electron chi connectivity index (χ4n) is 4.34. The van der Waals surface area contributed by atoms with Gasteiger partial charge in [0.05, 0.1) is 23.1 Å². The number of carbonyl (C=O) groups is 1. The maximum atomic E-state index is 13.0. The molecule has 0 spiro atoms. The van der Waals surface area contributed by atoms with Gasteiger partial charge < -0.3 is 10.1 Å². The number of rotatable bonds is 9. The van der Waals surface area contributed by atoms with Gasteiger partial charge in [0, 0.05) is 25.2 Å². The van der Waals surface area contributed by atoms with Gasteiger partial charge in [0.25, 0.3) is 5.91 Å². The van der Waals surface area contributed by atoms with Crippen LogP contribution in [0.25, 0.3) is 0 Å². The fraction of sp³-hybridized carbons (Fsp3) is 0.480. The summed E-state index contributed by atoms with van der Waals surface area (Å²) in [5.41, 5.74) is 1.58. The zero-order chi connectivity index (χ0) is 24.0. The van der Waals surface area contributed by atoms with Gasteiger partial charge in [0.2, 0.25) is 10.0 Å². The van der Waals surface area contributed by atoms with Crippen LogP contribution in [-0.2, 0) is 14.8 Å². The standard InChI is InChI=1S/C25H35N3O4S/c1-5-27(6-2)24(21-10-8-7-9-11-21)16-26-25(29)22-12-14-23(15-13-22)33(30,31)28-17-19(3)32-20(4)18-28/h7-15,19-20,24H,5-6,16-18H2,1-4H3,(H,26,29)/t19-,20-,24+/m0/s1. The predicted octanol–water partition coefficient (Wildman–Crippen LogP) is 3.30. The number of carbonyl (C=O) groups excluding carboxylic acids is 1. The highest BCUT2D eigenvalue weighted by molar-refractivity contribution is 7.89. The van der Waals surface area contributed by atoms with Crippen LogP contribution in [0.4, 0.5) is 0 Å². The normalized spacial score (nSPS) is 20.5. The lowest BCUT2D eigenvalue weighted by molar-refractivity contribution is -0.0440. The molecule has 1 heterocycles. The SMILES string of the molecule is CCN(CC)[C@H](CNC(=O)c1ccc(S(=O)(=O)N2C[C@H](C)O[C@@H](C)C2)cc1)c1ccccc1. The quantitative estimate of drug-likeness (QED) is 0.605. The average molecular weight is 474 g/mol. The Bertz CT molecular complexity index is 998. The van der Waals surface area contributed by atoms with Crippen molar-refractivity contribution in [3.8, 4) is 0 Å². The maximum absolute atomic E-state index is 13.0. The Balaban J connectivity index is 1.69. The van der Waals surface area contributed by atoms with Crippen molar-refractivity contribution in [2.24, 2.45) is 0 Å². The summed E-state index contributed by atoms with van der Waals surface area (Å²) >= 11 is 0. The fourth-order valence-corrected chi connectivity index (χ4v) is 5.93. The number of hydrogen-bond donors (Lipinski definition) is 1. The zero-order valence-corrected chi connectivity index (χ0v) is 20.7. The number of hydrogen-bond acceptors (Lipinski definition) is 5. The van der Waals surface area contributed by atoms with E-state index in [4.69, 9.17) is 4.74 Å². The number of ether oxygens (including phenoxy) is 1. The molecule has 0 saturated carbocycles. The molecule has 3 atom stereocenters. The first-order chi connectivity index (χ1) is 15.8. The number of nitrogens with zero attached hydrogens (tertiary/aromatic N) is 2. The highest BCUT2D eigenvalue weighted by Crippen LogP contribution is 2.22. The van der Waals surface area contributed by atoms with Gasteiger partial charge in [-0.2, -0.15) is 4.31 Å². The summed E-state index contributed by atoms with van der Waals surface area (Å²) in [4.78, 5) is 15.3. The van der Waals surface area contributed by atoms with Gasteiger partial charge in [-0.15, -0.1) is 0 Å². The second-order valence-corrected chi connectivity index (χ2v) is 10.4. The summed E-state index contributed by atoms with van der Waals surface area (Å²) in [6.45, 7) is 10.8. The van der Waals surface area contributed by atoms with E-state index >= 15 is 0 Å². The maximum Gasteiger partial charge on any atom is 0.251 e. The molecule has 1 fully saturated rings. The van der Waals surface area contributed by atoms with E-state index in [1.54, 1.807) is 12.1 Å². The molecule has 33 heavy (non-hydrogen) atoms. The molecular weight excluding hydrogens is 438 g/mol. The summed E-state index contributed by atoms with van der Waals surface area (Å²) in [5, 5.41) is 3.02. The summed E-state index contributed by atoms with van der Waals surface area (Å²) < 4.78 is 33.2. The molecule has 1 amide bonds. The van der Waals surface area contributed by atoms with E-state index in [2.05, 4.69) is 36.2 Å². The number of likely N-dealkylation sites (N-methyl/N-ethyl adjacent to an activating group) is 1. The molecular formula is C25H35N3O4S. The van der Waals surface area contributed by atoms with Gasteiger partial charge in [0.1, 0.15) is 0 Å². The molecule has 8 heteroatoms. The monoisotopic (exact) mass is 473 g/mol. The minimum Gasteiger partial charge on any atom is -0.373 e. The van der Waals surface area contributed by atoms with Crippen LogP contribution in [0.1, 0.15) is 49.7 Å². The predicted molar refractivity (Wildman–Crippen MR) is 130 cm³/mol. The van der Waals surface area contributed by atoms with E-state index in [1.165, 1.54) is 16.4 Å². The third kappa shape index (κ3) is 6.20. The molecule has 180 valence electrons. The van der Waals surface area contributed by atoms with Crippen molar-refractivity contribution in [1.82, 2.24) is 14.5 Å². The van der Waals surface area contributed by atoms with Crippen LogP contribution in [0.2, 0.25) is 0 Å². The Labute approximate surface area is 197 Å². The second kappa shape index (κ2) is 11.2. The van der Waals surface area contributed by atoms with Crippen LogP contribution in [0, 0.1) is 0 Å². The Morgan fingerprint density at radius 2 is 1.61 bits per heavy atom. The second-order valence-electron chi connectivity index (χ2n) is 8.46. The smallest absolute Gasteiger partial charge is 0.251 e. The zero-order valence-electron chi connectivity index (χ0n) is 19.9. The van der Waals surface area contributed by atoms with Crippen LogP contribution < -0.4 is 5.32 Å². The number of nitrogens with one attached hydrogen (secondary N) is 1. The minimum atomic E-state index is -3.64. The third-order valence-corrected chi connectivity index (χ3v) is 7.88. The van der Waals surface area contributed by atoms with E-state index in [0.29, 0.717) is 25.2 Å². The molecule has 0 bridgehead atoms. The van der Waals surface area contributed by atoms with Crippen molar-refractivity contribution in [3.05, 3.63) is 65.7 Å². The Hall–Kier alpha value is -2.26. The first-order valence-electron chi connectivity index (χ1n) is 11.6. The summed E-state index contributed by atoms with van der Waals surface area (Å²) in [5.74, 6) is -0.222. The van der Waals surface area contributed by atoms with Crippen molar-refractivity contribution in [2.75, 3.05) is 32.7 Å². The van der Waals surface area contributed by atoms with Crippen molar-refractivity contribution in [3.63, 3.8) is 0 Å². The van der Waals surface area contributed by atoms with Crippen LogP contribution in [0.3, 0.4) is 0 Å². The van der Waals surface area contributed by atoms with Gasteiger partial charge in [-0.05, 0) is 56.8 Å². The molecule has 1 aliphatic rings. The van der Waals surface area contributed by atoms with E-state index in [1.807, 2.05) is 32.0 Å². The van der Waals surface area contributed by atoms with Gasteiger partial charge in [-0.3, -0.25) is 9.69 Å². The van der Waals surface area contributed by atoms with E-state index in [-0.39, 0.29) is 29.1 Å². The van der Waals surface area contributed by atoms with Crippen LogP contribution in [-0.4, -0.2) is 68.5 Å². The molecule has 1 N–H and O–H groups in total. The van der Waals surface area contributed by atoms with E-state index in [9.17, 15) is 13.2 Å². The molecule has 2 aromatic carbocycles. The van der Waals surface area contributed by atoms with Gasteiger partial charge >= 0.3 is 0 Å². The summed E-state index contributed by atoms with van der Waals surface area (Å²) in [6, 6.07) is 16.4. The molecule has 3 rings (SSSR count). The Morgan fingerprint density at radius 3 is 2.15 bits per heavy atom. The number of amides is 1. The molecule has 0 radical (unpaired) electrons. The summed E-state index contributed by atoms with van der Waals surface area (Å²) in [7, 11) is -3.64. The number of morpholine rings is 1. The number of benzene rings is 2. The largest absolute Gasteiger partial charge is 0.373 e. The Morgan fingerprint density at radius 1 is 1.03 bits per heavy atom. The van der Waals surface area contributed by atoms with Crippen LogP contribution in [0.5, 0.6) is 0 Å².